The standard InChI is InChI=1S/C6H13NO2S/c1-6-4-3-5-7(2)10(6,8)9/h6H,3-5H2,1-2H3/t6-/m0/s1. The van der Waals surface area contributed by atoms with Crippen molar-refractivity contribution in [3.8, 4) is 0 Å². The van der Waals surface area contributed by atoms with E-state index in [-0.39, 0.29) is 5.25 Å². The van der Waals surface area contributed by atoms with Gasteiger partial charge in [-0.25, -0.2) is 12.7 Å². The molecule has 0 spiro atoms. The third kappa shape index (κ3) is 1.18. The zero-order valence-corrected chi connectivity index (χ0v) is 7.19. The van der Waals surface area contributed by atoms with Gasteiger partial charge in [-0.15, -0.1) is 0 Å². The summed E-state index contributed by atoms with van der Waals surface area (Å²) in [5.41, 5.74) is 0. The van der Waals surface area contributed by atoms with E-state index in [1.165, 1.54) is 4.31 Å². The van der Waals surface area contributed by atoms with Crippen molar-refractivity contribution in [2.24, 2.45) is 0 Å². The van der Waals surface area contributed by atoms with E-state index >= 15 is 0 Å². The van der Waals surface area contributed by atoms with E-state index in [1.54, 1.807) is 14.0 Å². The van der Waals surface area contributed by atoms with Crippen molar-refractivity contribution < 1.29 is 8.42 Å². The molecule has 0 aliphatic carbocycles. The Balaban J connectivity index is 2.84. The molecular weight excluding hydrogens is 150 g/mol. The normalized spacial score (nSPS) is 34.0. The van der Waals surface area contributed by atoms with Crippen LogP contribution in [-0.4, -0.2) is 31.6 Å². The largest absolute Gasteiger partial charge is 0.216 e. The number of nitrogens with zero attached hydrogens (tertiary/aromatic N) is 1. The van der Waals surface area contributed by atoms with Crippen LogP contribution in [0.3, 0.4) is 0 Å². The van der Waals surface area contributed by atoms with Gasteiger partial charge in [-0.2, -0.15) is 0 Å². The molecule has 10 heavy (non-hydrogen) atoms. The van der Waals surface area contributed by atoms with E-state index in [0.29, 0.717) is 6.54 Å². The molecule has 0 amide bonds. The van der Waals surface area contributed by atoms with E-state index in [0.717, 1.165) is 12.8 Å². The first-order valence-corrected chi connectivity index (χ1v) is 5.00. The number of sulfonamides is 1. The monoisotopic (exact) mass is 163 g/mol. The van der Waals surface area contributed by atoms with Gasteiger partial charge in [0, 0.05) is 13.6 Å². The van der Waals surface area contributed by atoms with Crippen LogP contribution in [0.2, 0.25) is 0 Å². The highest BCUT2D eigenvalue weighted by Gasteiger charge is 2.29. The van der Waals surface area contributed by atoms with Crippen LogP contribution < -0.4 is 0 Å². The molecule has 0 unspecified atom stereocenters. The van der Waals surface area contributed by atoms with Gasteiger partial charge in [0.1, 0.15) is 0 Å². The molecule has 1 aliphatic heterocycles. The molecule has 4 heteroatoms. The van der Waals surface area contributed by atoms with E-state index < -0.39 is 10.0 Å². The van der Waals surface area contributed by atoms with E-state index in [9.17, 15) is 8.42 Å². The van der Waals surface area contributed by atoms with Gasteiger partial charge in [-0.3, -0.25) is 0 Å². The predicted octanol–water partition coefficient (Wildman–Crippen LogP) is 0.430. The summed E-state index contributed by atoms with van der Waals surface area (Å²) >= 11 is 0. The smallest absolute Gasteiger partial charge is 0.212 e. The Bertz CT molecular complexity index is 194. The second kappa shape index (κ2) is 2.51. The average Bonchev–Trinajstić information content (AvgIpc) is 1.84. The summed E-state index contributed by atoms with van der Waals surface area (Å²) in [7, 11) is -1.26. The SMILES string of the molecule is C[C@H]1CCCN(C)S1(=O)=O. The van der Waals surface area contributed by atoms with Crippen molar-refractivity contribution in [3.05, 3.63) is 0 Å². The molecule has 1 atom stereocenters. The van der Waals surface area contributed by atoms with Gasteiger partial charge in [-0.05, 0) is 19.8 Å². The van der Waals surface area contributed by atoms with Crippen LogP contribution in [0.4, 0.5) is 0 Å². The van der Waals surface area contributed by atoms with E-state index in [4.69, 9.17) is 0 Å². The minimum Gasteiger partial charge on any atom is -0.212 e. The summed E-state index contributed by atoms with van der Waals surface area (Å²) in [5.74, 6) is 0. The fourth-order valence-electron chi connectivity index (χ4n) is 1.18. The zero-order chi connectivity index (χ0) is 7.78. The fraction of sp³-hybridized carbons (Fsp3) is 1.00. The number of rotatable bonds is 0. The van der Waals surface area contributed by atoms with Crippen molar-refractivity contribution in [2.75, 3.05) is 13.6 Å². The van der Waals surface area contributed by atoms with Gasteiger partial charge in [-0.1, -0.05) is 0 Å². The fourth-order valence-corrected chi connectivity index (χ4v) is 2.65. The van der Waals surface area contributed by atoms with Gasteiger partial charge in [0.25, 0.3) is 0 Å². The molecule has 0 aromatic heterocycles. The molecule has 0 radical (unpaired) electrons. The Labute approximate surface area is 62.1 Å². The topological polar surface area (TPSA) is 37.4 Å². The maximum absolute atomic E-state index is 11.2. The molecule has 1 rings (SSSR count). The summed E-state index contributed by atoms with van der Waals surface area (Å²) in [5, 5.41) is -0.175. The highest BCUT2D eigenvalue weighted by molar-refractivity contribution is 7.89. The summed E-state index contributed by atoms with van der Waals surface area (Å²) in [4.78, 5) is 0. The molecule has 1 aliphatic rings. The van der Waals surface area contributed by atoms with Crippen LogP contribution in [0.15, 0.2) is 0 Å². The first kappa shape index (κ1) is 8.01. The minimum atomic E-state index is -2.91. The summed E-state index contributed by atoms with van der Waals surface area (Å²) in [6.45, 7) is 2.46. The Morgan fingerprint density at radius 2 is 2.10 bits per heavy atom. The second-order valence-corrected chi connectivity index (χ2v) is 5.28. The van der Waals surface area contributed by atoms with E-state index in [2.05, 4.69) is 0 Å². The molecule has 1 heterocycles. The lowest BCUT2D eigenvalue weighted by Gasteiger charge is -2.26. The van der Waals surface area contributed by atoms with Gasteiger partial charge < -0.3 is 0 Å². The molecule has 0 saturated carbocycles. The van der Waals surface area contributed by atoms with Crippen LogP contribution in [0.25, 0.3) is 0 Å². The van der Waals surface area contributed by atoms with Crippen molar-refractivity contribution in [3.63, 3.8) is 0 Å². The van der Waals surface area contributed by atoms with Gasteiger partial charge in [0.2, 0.25) is 10.0 Å². The van der Waals surface area contributed by atoms with Gasteiger partial charge >= 0.3 is 0 Å². The molecule has 0 aromatic rings. The van der Waals surface area contributed by atoms with Crippen LogP contribution in [0, 0.1) is 0 Å². The lowest BCUT2D eigenvalue weighted by molar-refractivity contribution is 0.414. The van der Waals surface area contributed by atoms with Crippen molar-refractivity contribution in [2.45, 2.75) is 25.0 Å². The maximum atomic E-state index is 11.2. The average molecular weight is 163 g/mol. The summed E-state index contributed by atoms with van der Waals surface area (Å²) in [6, 6.07) is 0. The first-order chi connectivity index (χ1) is 4.55. The van der Waals surface area contributed by atoms with Crippen molar-refractivity contribution >= 4 is 10.0 Å². The van der Waals surface area contributed by atoms with E-state index in [1.807, 2.05) is 0 Å². The third-order valence-electron chi connectivity index (χ3n) is 2.03. The molecular formula is C6H13NO2S. The summed E-state index contributed by atoms with van der Waals surface area (Å²) < 4.78 is 23.9. The predicted molar refractivity (Wildman–Crippen MR) is 40.2 cm³/mol. The Morgan fingerprint density at radius 1 is 1.50 bits per heavy atom. The number of hydrogen-bond donors (Lipinski definition) is 0. The Kier molecular flexibility index (Phi) is 2.01. The second-order valence-electron chi connectivity index (χ2n) is 2.82. The molecule has 1 saturated heterocycles. The minimum absolute atomic E-state index is 0.175. The molecule has 0 N–H and O–H groups in total. The van der Waals surface area contributed by atoms with Crippen molar-refractivity contribution in [1.82, 2.24) is 4.31 Å². The van der Waals surface area contributed by atoms with Gasteiger partial charge in [0.15, 0.2) is 0 Å². The highest BCUT2D eigenvalue weighted by atomic mass is 32.2. The molecule has 0 bridgehead atoms. The Morgan fingerprint density at radius 3 is 2.50 bits per heavy atom. The van der Waals surface area contributed by atoms with Crippen LogP contribution in [0.5, 0.6) is 0 Å². The van der Waals surface area contributed by atoms with Crippen LogP contribution in [0.1, 0.15) is 19.8 Å². The molecule has 0 aromatic carbocycles. The first-order valence-electron chi connectivity index (χ1n) is 3.50. The number of hydrogen-bond acceptors (Lipinski definition) is 2. The quantitative estimate of drug-likeness (QED) is 0.519. The maximum Gasteiger partial charge on any atom is 0.216 e. The lowest BCUT2D eigenvalue weighted by atomic mass is 10.2. The van der Waals surface area contributed by atoms with Crippen LogP contribution in [-0.2, 0) is 10.0 Å². The van der Waals surface area contributed by atoms with Crippen LogP contribution >= 0.6 is 0 Å². The third-order valence-corrected chi connectivity index (χ3v) is 4.33. The summed E-state index contributed by atoms with van der Waals surface area (Å²) in [6.07, 6.45) is 1.81. The Hall–Kier alpha value is -0.0900. The highest BCUT2D eigenvalue weighted by Crippen LogP contribution is 2.18. The molecule has 1 fully saturated rings. The molecule has 60 valence electrons. The van der Waals surface area contributed by atoms with Crippen molar-refractivity contribution in [1.29, 1.82) is 0 Å². The van der Waals surface area contributed by atoms with Gasteiger partial charge in [0.05, 0.1) is 5.25 Å². The lowest BCUT2D eigenvalue weighted by Crippen LogP contribution is -2.39. The molecule has 3 nitrogen and oxygen atoms in total. The zero-order valence-electron chi connectivity index (χ0n) is 6.37.